The van der Waals surface area contributed by atoms with Crippen molar-refractivity contribution in [3.63, 3.8) is 0 Å². The fourth-order valence-corrected chi connectivity index (χ4v) is 3.58. The maximum Gasteiger partial charge on any atom is 0.107 e. The maximum absolute atomic E-state index is 5.83. The van der Waals surface area contributed by atoms with E-state index in [4.69, 9.17) is 10.7 Å². The molecular weight excluding hydrogens is 244 g/mol. The quantitative estimate of drug-likeness (QED) is 0.890. The van der Waals surface area contributed by atoms with E-state index >= 15 is 0 Å². The molecule has 4 nitrogen and oxygen atoms in total. The van der Waals surface area contributed by atoms with Gasteiger partial charge in [0.25, 0.3) is 0 Å². The average molecular weight is 266 g/mol. The van der Waals surface area contributed by atoms with Crippen LogP contribution in [0.5, 0.6) is 0 Å². The van der Waals surface area contributed by atoms with Crippen LogP contribution in [0, 0.1) is 0 Å². The Kier molecular flexibility index (Phi) is 3.66. The van der Waals surface area contributed by atoms with Gasteiger partial charge >= 0.3 is 0 Å². The Hall–Kier alpha value is -0.490. The van der Waals surface area contributed by atoms with Crippen molar-refractivity contribution in [2.45, 2.75) is 31.8 Å². The van der Waals surface area contributed by atoms with E-state index in [-0.39, 0.29) is 0 Å². The van der Waals surface area contributed by atoms with Crippen LogP contribution < -0.4 is 5.73 Å². The highest BCUT2D eigenvalue weighted by molar-refractivity contribution is 7.11. The topological polar surface area (TPSA) is 45.4 Å². The smallest absolute Gasteiger partial charge is 0.107 e. The number of rotatable bonds is 4. The van der Waals surface area contributed by atoms with Gasteiger partial charge in [-0.2, -0.15) is 0 Å². The standard InChI is InChI=1S/C13H22N4S/c1-16-4-6-17(7-5-16)9-12-15-13(10-2-3-10)11(8-14)18-12/h10H,2-9,14H2,1H3. The lowest BCUT2D eigenvalue weighted by Crippen LogP contribution is -2.43. The highest BCUT2D eigenvalue weighted by Crippen LogP contribution is 2.42. The summed E-state index contributed by atoms with van der Waals surface area (Å²) in [7, 11) is 2.19. The monoisotopic (exact) mass is 266 g/mol. The molecule has 5 heteroatoms. The minimum absolute atomic E-state index is 0.659. The molecule has 0 aromatic carbocycles. The summed E-state index contributed by atoms with van der Waals surface area (Å²) in [4.78, 5) is 11.1. The lowest BCUT2D eigenvalue weighted by molar-refractivity contribution is 0.148. The largest absolute Gasteiger partial charge is 0.326 e. The maximum atomic E-state index is 5.83. The number of piperazine rings is 1. The SMILES string of the molecule is CN1CCN(Cc2nc(C3CC3)c(CN)s2)CC1. The Morgan fingerprint density at radius 2 is 2.00 bits per heavy atom. The van der Waals surface area contributed by atoms with Crippen molar-refractivity contribution in [3.8, 4) is 0 Å². The van der Waals surface area contributed by atoms with E-state index < -0.39 is 0 Å². The first-order valence-electron chi connectivity index (χ1n) is 6.85. The van der Waals surface area contributed by atoms with Crippen molar-refractivity contribution in [1.29, 1.82) is 0 Å². The van der Waals surface area contributed by atoms with Gasteiger partial charge in [-0.3, -0.25) is 4.90 Å². The molecule has 0 amide bonds. The van der Waals surface area contributed by atoms with Gasteiger partial charge in [-0.05, 0) is 19.9 Å². The number of hydrogen-bond donors (Lipinski definition) is 1. The van der Waals surface area contributed by atoms with Crippen LogP contribution in [0.3, 0.4) is 0 Å². The molecule has 2 heterocycles. The molecule has 1 aliphatic carbocycles. The summed E-state index contributed by atoms with van der Waals surface area (Å²) in [5.41, 5.74) is 7.14. The van der Waals surface area contributed by atoms with Crippen LogP contribution in [-0.2, 0) is 13.1 Å². The van der Waals surface area contributed by atoms with Gasteiger partial charge in [0, 0.05) is 43.5 Å². The molecule has 0 spiro atoms. The minimum Gasteiger partial charge on any atom is -0.326 e. The van der Waals surface area contributed by atoms with Gasteiger partial charge < -0.3 is 10.6 Å². The highest BCUT2D eigenvalue weighted by Gasteiger charge is 2.29. The first-order chi connectivity index (χ1) is 8.76. The number of likely N-dealkylation sites (N-methyl/N-ethyl adjacent to an activating group) is 1. The number of nitrogens with two attached hydrogens (primary N) is 1. The van der Waals surface area contributed by atoms with Gasteiger partial charge in [0.15, 0.2) is 0 Å². The molecule has 100 valence electrons. The Morgan fingerprint density at radius 1 is 1.28 bits per heavy atom. The van der Waals surface area contributed by atoms with E-state index in [9.17, 15) is 0 Å². The lowest BCUT2D eigenvalue weighted by Gasteiger charge is -2.31. The predicted octanol–water partition coefficient (Wildman–Crippen LogP) is 1.23. The van der Waals surface area contributed by atoms with E-state index in [0.717, 1.165) is 25.6 Å². The minimum atomic E-state index is 0.659. The molecule has 18 heavy (non-hydrogen) atoms. The van der Waals surface area contributed by atoms with Crippen LogP contribution in [0.4, 0.5) is 0 Å². The summed E-state index contributed by atoms with van der Waals surface area (Å²) in [6.45, 7) is 6.33. The van der Waals surface area contributed by atoms with Crippen molar-refractivity contribution in [1.82, 2.24) is 14.8 Å². The fraction of sp³-hybridized carbons (Fsp3) is 0.769. The molecule has 1 aromatic rings. The van der Waals surface area contributed by atoms with Crippen LogP contribution in [0.2, 0.25) is 0 Å². The molecule has 0 atom stereocenters. The average Bonchev–Trinajstić information content (AvgIpc) is 3.14. The first kappa shape index (κ1) is 12.5. The van der Waals surface area contributed by atoms with Crippen LogP contribution in [0.15, 0.2) is 0 Å². The van der Waals surface area contributed by atoms with Gasteiger partial charge in [0.05, 0.1) is 12.2 Å². The molecule has 3 rings (SSSR count). The highest BCUT2D eigenvalue weighted by atomic mass is 32.1. The van der Waals surface area contributed by atoms with E-state index in [1.165, 1.54) is 41.5 Å². The molecule has 2 N–H and O–H groups in total. The Balaban J connectivity index is 1.65. The van der Waals surface area contributed by atoms with Crippen LogP contribution >= 0.6 is 11.3 Å². The summed E-state index contributed by atoms with van der Waals surface area (Å²) in [6.07, 6.45) is 2.62. The molecule has 1 aliphatic heterocycles. The van der Waals surface area contributed by atoms with Crippen LogP contribution in [0.25, 0.3) is 0 Å². The molecule has 0 bridgehead atoms. The van der Waals surface area contributed by atoms with E-state index in [1.807, 2.05) is 11.3 Å². The number of nitrogens with zero attached hydrogens (tertiary/aromatic N) is 3. The number of thiazole rings is 1. The van der Waals surface area contributed by atoms with E-state index in [2.05, 4.69) is 16.8 Å². The second kappa shape index (κ2) is 5.25. The Bertz CT molecular complexity index is 405. The van der Waals surface area contributed by atoms with Crippen molar-refractivity contribution >= 4 is 11.3 Å². The number of hydrogen-bond acceptors (Lipinski definition) is 5. The van der Waals surface area contributed by atoms with Crippen molar-refractivity contribution in [2.75, 3.05) is 33.2 Å². The van der Waals surface area contributed by atoms with Crippen molar-refractivity contribution in [3.05, 3.63) is 15.6 Å². The molecule has 0 unspecified atom stereocenters. The van der Waals surface area contributed by atoms with Crippen LogP contribution in [-0.4, -0.2) is 48.0 Å². The zero-order valence-electron chi connectivity index (χ0n) is 11.1. The van der Waals surface area contributed by atoms with Gasteiger partial charge in [-0.25, -0.2) is 4.98 Å². The molecule has 2 fully saturated rings. The summed E-state index contributed by atoms with van der Waals surface area (Å²) < 4.78 is 0. The number of aromatic nitrogens is 1. The van der Waals surface area contributed by atoms with Gasteiger partial charge in [0.1, 0.15) is 5.01 Å². The summed E-state index contributed by atoms with van der Waals surface area (Å²) in [5.74, 6) is 0.723. The molecule has 0 radical (unpaired) electrons. The van der Waals surface area contributed by atoms with Crippen molar-refractivity contribution in [2.24, 2.45) is 5.73 Å². The Morgan fingerprint density at radius 3 is 2.61 bits per heavy atom. The lowest BCUT2D eigenvalue weighted by atomic mass is 10.2. The molecule has 1 saturated carbocycles. The summed E-state index contributed by atoms with van der Waals surface area (Å²) in [6, 6.07) is 0. The molecule has 1 aromatic heterocycles. The van der Waals surface area contributed by atoms with Crippen LogP contribution in [0.1, 0.15) is 34.3 Å². The second-order valence-corrected chi connectivity index (χ2v) is 6.64. The third-order valence-electron chi connectivity index (χ3n) is 3.88. The first-order valence-corrected chi connectivity index (χ1v) is 7.67. The zero-order chi connectivity index (χ0) is 12.5. The molecular formula is C13H22N4S. The Labute approximate surface area is 113 Å². The van der Waals surface area contributed by atoms with E-state index in [1.54, 1.807) is 0 Å². The van der Waals surface area contributed by atoms with Gasteiger partial charge in [-0.1, -0.05) is 0 Å². The molecule has 1 saturated heterocycles. The summed E-state index contributed by atoms with van der Waals surface area (Å²) >= 11 is 1.83. The van der Waals surface area contributed by atoms with E-state index in [0.29, 0.717) is 6.54 Å². The third-order valence-corrected chi connectivity index (χ3v) is 4.95. The third kappa shape index (κ3) is 2.74. The van der Waals surface area contributed by atoms with Gasteiger partial charge in [-0.15, -0.1) is 11.3 Å². The molecule has 2 aliphatic rings. The summed E-state index contributed by atoms with van der Waals surface area (Å²) in [5, 5.41) is 1.27. The van der Waals surface area contributed by atoms with Crippen molar-refractivity contribution < 1.29 is 0 Å². The second-order valence-electron chi connectivity index (χ2n) is 5.47. The predicted molar refractivity (Wildman–Crippen MR) is 74.8 cm³/mol. The fourth-order valence-electron chi connectivity index (χ4n) is 2.50. The van der Waals surface area contributed by atoms with Gasteiger partial charge in [0.2, 0.25) is 0 Å². The normalized spacial score (nSPS) is 22.6. The zero-order valence-corrected chi connectivity index (χ0v) is 11.9.